The summed E-state index contributed by atoms with van der Waals surface area (Å²) in [7, 11) is 1.43. The highest BCUT2D eigenvalue weighted by Gasteiger charge is 2.27. The van der Waals surface area contributed by atoms with Gasteiger partial charge in [-0.25, -0.2) is 9.18 Å². The third-order valence-corrected chi connectivity index (χ3v) is 7.83. The standard InChI is InChI=1S/C33H32FN7O3/c1-44-28-14-13-23(34)16-25(28)32(42)36-18-20-9-11-21(12-10-20)30-29-27(39-40-31(29)35)17-26(38-30)22-6-5-15-41(19-22)33(43)37-24-7-3-2-4-8-24/h2-4,7-14,16-17,22H,5-6,15,18-19H2,1H3,(H,36,42)(H,37,43)(H3,35,39,40). The zero-order valence-electron chi connectivity index (χ0n) is 24.1. The minimum Gasteiger partial charge on any atom is -0.496 e. The van der Waals surface area contributed by atoms with E-state index in [2.05, 4.69) is 20.8 Å². The van der Waals surface area contributed by atoms with Crippen molar-refractivity contribution in [3.63, 3.8) is 0 Å². The van der Waals surface area contributed by atoms with Gasteiger partial charge in [0.25, 0.3) is 5.91 Å². The molecule has 1 aliphatic heterocycles. The number of rotatable bonds is 7. The van der Waals surface area contributed by atoms with Crippen LogP contribution in [0.3, 0.4) is 0 Å². The molecule has 3 aromatic carbocycles. The number of halogens is 1. The van der Waals surface area contributed by atoms with Gasteiger partial charge in [-0.05, 0) is 54.8 Å². The molecule has 5 N–H and O–H groups in total. The van der Waals surface area contributed by atoms with E-state index in [1.54, 1.807) is 0 Å². The molecule has 44 heavy (non-hydrogen) atoms. The minimum absolute atomic E-state index is 0.0345. The zero-order valence-corrected chi connectivity index (χ0v) is 24.1. The molecule has 1 unspecified atom stereocenters. The molecule has 0 spiro atoms. The molecule has 11 heteroatoms. The van der Waals surface area contributed by atoms with Crippen LogP contribution in [0.15, 0.2) is 78.9 Å². The minimum atomic E-state index is -0.517. The molecule has 224 valence electrons. The lowest BCUT2D eigenvalue weighted by molar-refractivity contribution is 0.0947. The first-order valence-corrected chi connectivity index (χ1v) is 14.4. The Morgan fingerprint density at radius 2 is 1.89 bits per heavy atom. The summed E-state index contributed by atoms with van der Waals surface area (Å²) in [6.45, 7) is 1.44. The fourth-order valence-corrected chi connectivity index (χ4v) is 5.55. The van der Waals surface area contributed by atoms with E-state index in [0.29, 0.717) is 30.4 Å². The molecule has 1 saturated heterocycles. The molecule has 5 aromatic rings. The Balaban J connectivity index is 1.20. The lowest BCUT2D eigenvalue weighted by Gasteiger charge is -2.32. The van der Waals surface area contributed by atoms with Gasteiger partial charge in [-0.2, -0.15) is 5.10 Å². The summed E-state index contributed by atoms with van der Waals surface area (Å²) in [5.41, 5.74) is 11.1. The van der Waals surface area contributed by atoms with E-state index < -0.39 is 11.7 Å². The number of methoxy groups -OCH3 is 1. The average molecular weight is 594 g/mol. The molecule has 1 aliphatic rings. The van der Waals surface area contributed by atoms with Crippen molar-refractivity contribution in [1.29, 1.82) is 0 Å². The molecular formula is C33H32FN7O3. The van der Waals surface area contributed by atoms with E-state index in [1.165, 1.54) is 19.2 Å². The van der Waals surface area contributed by atoms with Crippen molar-refractivity contribution < 1.29 is 18.7 Å². The Morgan fingerprint density at radius 1 is 1.09 bits per heavy atom. The third-order valence-electron chi connectivity index (χ3n) is 7.83. The summed E-state index contributed by atoms with van der Waals surface area (Å²) in [5.74, 6) is -0.276. The summed E-state index contributed by atoms with van der Waals surface area (Å²) >= 11 is 0. The summed E-state index contributed by atoms with van der Waals surface area (Å²) in [5, 5.41) is 13.8. The van der Waals surface area contributed by atoms with Gasteiger partial charge in [0.1, 0.15) is 11.6 Å². The monoisotopic (exact) mass is 593 g/mol. The summed E-state index contributed by atoms with van der Waals surface area (Å²) in [6.07, 6.45) is 1.75. The number of nitrogens with zero attached hydrogens (tertiary/aromatic N) is 3. The van der Waals surface area contributed by atoms with Crippen LogP contribution in [0, 0.1) is 5.82 Å². The van der Waals surface area contributed by atoms with Crippen LogP contribution in [0.5, 0.6) is 5.75 Å². The largest absolute Gasteiger partial charge is 0.496 e. The van der Waals surface area contributed by atoms with E-state index in [4.69, 9.17) is 15.5 Å². The first kappa shape index (κ1) is 28.7. The number of aromatic amines is 1. The van der Waals surface area contributed by atoms with Gasteiger partial charge in [0, 0.05) is 42.5 Å². The molecule has 1 fully saturated rings. The maximum atomic E-state index is 13.7. The SMILES string of the molecule is COc1ccc(F)cc1C(=O)NCc1ccc(-c2nc(C3CCCN(C(=O)Nc4ccccc4)C3)cc3[nH]nc(N)c23)cc1. The van der Waals surface area contributed by atoms with Gasteiger partial charge in [0.2, 0.25) is 0 Å². The second-order valence-electron chi connectivity index (χ2n) is 10.7. The number of aromatic nitrogens is 3. The van der Waals surface area contributed by atoms with Crippen LogP contribution in [0.25, 0.3) is 22.2 Å². The van der Waals surface area contributed by atoms with Crippen molar-refractivity contribution in [3.8, 4) is 17.0 Å². The second-order valence-corrected chi connectivity index (χ2v) is 10.7. The van der Waals surface area contributed by atoms with Gasteiger partial charge >= 0.3 is 6.03 Å². The smallest absolute Gasteiger partial charge is 0.321 e. The first-order valence-electron chi connectivity index (χ1n) is 14.4. The fraction of sp³-hybridized carbons (Fsp3) is 0.212. The molecule has 0 aliphatic carbocycles. The molecule has 2 aromatic heterocycles. The van der Waals surface area contributed by atoms with Crippen molar-refractivity contribution in [3.05, 3.63) is 102 Å². The van der Waals surface area contributed by atoms with Gasteiger partial charge < -0.3 is 26.0 Å². The summed E-state index contributed by atoms with van der Waals surface area (Å²) in [4.78, 5) is 32.6. The topological polar surface area (TPSA) is 138 Å². The van der Waals surface area contributed by atoms with Crippen LogP contribution in [0.4, 0.5) is 20.7 Å². The number of H-pyrrole nitrogens is 1. The van der Waals surface area contributed by atoms with E-state index in [0.717, 1.165) is 52.3 Å². The van der Waals surface area contributed by atoms with Crippen molar-refractivity contribution in [1.82, 2.24) is 25.4 Å². The molecule has 0 saturated carbocycles. The number of anilines is 2. The molecule has 0 radical (unpaired) electrons. The van der Waals surface area contributed by atoms with Gasteiger partial charge in [-0.3, -0.25) is 14.9 Å². The van der Waals surface area contributed by atoms with Crippen LogP contribution in [0.1, 0.15) is 40.4 Å². The maximum absolute atomic E-state index is 13.7. The summed E-state index contributed by atoms with van der Waals surface area (Å²) in [6, 6.07) is 22.7. The van der Waals surface area contributed by atoms with Gasteiger partial charge in [0.15, 0.2) is 5.82 Å². The average Bonchev–Trinajstić information content (AvgIpc) is 3.44. The Bertz CT molecular complexity index is 1810. The number of amides is 3. The third kappa shape index (κ3) is 6.03. The molecule has 0 bridgehead atoms. The Kier molecular flexibility index (Phi) is 8.09. The number of hydrogen-bond acceptors (Lipinski definition) is 6. The van der Waals surface area contributed by atoms with Crippen LogP contribution in [0.2, 0.25) is 0 Å². The molecule has 3 amide bonds. The number of piperidine rings is 1. The van der Waals surface area contributed by atoms with Crippen molar-refractivity contribution in [2.45, 2.75) is 25.3 Å². The highest BCUT2D eigenvalue weighted by atomic mass is 19.1. The van der Waals surface area contributed by atoms with Crippen molar-refractivity contribution in [2.24, 2.45) is 0 Å². The molecule has 10 nitrogen and oxygen atoms in total. The number of nitrogens with two attached hydrogens (primary N) is 1. The van der Waals surface area contributed by atoms with Gasteiger partial charge in [-0.1, -0.05) is 42.5 Å². The zero-order chi connectivity index (χ0) is 30.6. The lowest BCUT2D eigenvalue weighted by Crippen LogP contribution is -2.41. The number of carbonyl (C=O) groups is 2. The number of fused-ring (bicyclic) bond motifs is 1. The molecule has 3 heterocycles. The Morgan fingerprint density at radius 3 is 2.66 bits per heavy atom. The highest BCUT2D eigenvalue weighted by molar-refractivity contribution is 6.00. The number of hydrogen-bond donors (Lipinski definition) is 4. The first-order chi connectivity index (χ1) is 21.4. The van der Waals surface area contributed by atoms with Crippen LogP contribution < -0.4 is 21.1 Å². The molecular weight excluding hydrogens is 561 g/mol. The van der Waals surface area contributed by atoms with E-state index in [-0.39, 0.29) is 24.1 Å². The molecule has 6 rings (SSSR count). The van der Waals surface area contributed by atoms with Crippen LogP contribution >= 0.6 is 0 Å². The number of urea groups is 1. The highest BCUT2D eigenvalue weighted by Crippen LogP contribution is 2.35. The summed E-state index contributed by atoms with van der Waals surface area (Å²) < 4.78 is 18.9. The van der Waals surface area contributed by atoms with Gasteiger partial charge in [0.05, 0.1) is 29.3 Å². The normalized spacial score (nSPS) is 14.8. The van der Waals surface area contributed by atoms with Gasteiger partial charge in [-0.15, -0.1) is 0 Å². The van der Waals surface area contributed by atoms with Crippen LogP contribution in [-0.4, -0.2) is 52.2 Å². The number of nitrogen functional groups attached to an aromatic ring is 1. The Labute approximate surface area is 253 Å². The number of benzene rings is 3. The number of pyridine rings is 1. The lowest BCUT2D eigenvalue weighted by atomic mass is 9.93. The van der Waals surface area contributed by atoms with Crippen molar-refractivity contribution in [2.75, 3.05) is 31.2 Å². The number of likely N-dealkylation sites (tertiary alicyclic amines) is 1. The number of ether oxygens (including phenoxy) is 1. The second kappa shape index (κ2) is 12.4. The van der Waals surface area contributed by atoms with E-state index in [1.807, 2.05) is 65.6 Å². The van der Waals surface area contributed by atoms with Crippen LogP contribution in [-0.2, 0) is 6.54 Å². The predicted octanol–water partition coefficient (Wildman–Crippen LogP) is 5.70. The van der Waals surface area contributed by atoms with E-state index in [9.17, 15) is 14.0 Å². The number of carbonyl (C=O) groups excluding carboxylic acids is 2. The Hall–Kier alpha value is -5.45. The van der Waals surface area contributed by atoms with Crippen molar-refractivity contribution >= 4 is 34.3 Å². The molecule has 1 atom stereocenters. The number of para-hydroxylation sites is 1. The predicted molar refractivity (Wildman–Crippen MR) is 167 cm³/mol. The quantitative estimate of drug-likeness (QED) is 0.191. The van der Waals surface area contributed by atoms with E-state index >= 15 is 0 Å². The number of nitrogens with one attached hydrogen (secondary N) is 3. The maximum Gasteiger partial charge on any atom is 0.321 e. The fourth-order valence-electron chi connectivity index (χ4n) is 5.55.